The summed E-state index contributed by atoms with van der Waals surface area (Å²) >= 11 is 0. The number of nitrogens with one attached hydrogen (secondary N) is 1. The van der Waals surface area contributed by atoms with Crippen LogP contribution in [0.2, 0.25) is 0 Å². The molecule has 2 aromatic heterocycles. The predicted molar refractivity (Wildman–Crippen MR) is 61.8 cm³/mol. The number of benzene rings is 1. The maximum absolute atomic E-state index is 11.8. The molecule has 0 saturated carbocycles. The lowest BCUT2D eigenvalue weighted by Gasteiger charge is -2.03. The molecule has 0 amide bonds. The summed E-state index contributed by atoms with van der Waals surface area (Å²) in [6.07, 6.45) is 0. The lowest BCUT2D eigenvalue weighted by Crippen LogP contribution is -2.12. The molecule has 0 atom stereocenters. The summed E-state index contributed by atoms with van der Waals surface area (Å²) in [6, 6.07) is 7.51. The molecule has 0 aliphatic rings. The molecule has 1 aromatic carbocycles. The highest BCUT2D eigenvalue weighted by Gasteiger charge is 2.11. The summed E-state index contributed by atoms with van der Waals surface area (Å²) in [5.41, 5.74) is 1.65. The van der Waals surface area contributed by atoms with Gasteiger partial charge in [0.2, 0.25) is 5.65 Å². The van der Waals surface area contributed by atoms with Gasteiger partial charge in [-0.1, -0.05) is 12.1 Å². The third-order valence-corrected chi connectivity index (χ3v) is 2.60. The molecule has 0 aliphatic heterocycles. The lowest BCUT2D eigenvalue weighted by atomic mass is 10.3. The fourth-order valence-electron chi connectivity index (χ4n) is 1.89. The number of hydrogen-bond donors (Lipinski definition) is 1. The fraction of sp³-hybridized carbons (Fsp3) is 0.182. The van der Waals surface area contributed by atoms with Gasteiger partial charge in [-0.05, 0) is 12.1 Å². The second kappa shape index (κ2) is 3.67. The molecular weight excluding hydrogens is 220 g/mol. The van der Waals surface area contributed by atoms with E-state index in [9.17, 15) is 4.79 Å². The number of rotatable bonds is 2. The van der Waals surface area contributed by atoms with Gasteiger partial charge in [-0.15, -0.1) is 10.2 Å². The van der Waals surface area contributed by atoms with Crippen molar-refractivity contribution < 1.29 is 4.74 Å². The minimum Gasteiger partial charge on any atom is -0.377 e. The van der Waals surface area contributed by atoms with Gasteiger partial charge in [0, 0.05) is 7.11 Å². The van der Waals surface area contributed by atoms with E-state index in [4.69, 9.17) is 4.74 Å². The van der Waals surface area contributed by atoms with Gasteiger partial charge in [0.05, 0.1) is 11.0 Å². The van der Waals surface area contributed by atoms with Gasteiger partial charge in [0.15, 0.2) is 5.82 Å². The Bertz CT molecular complexity index is 744. The molecule has 0 saturated heterocycles. The van der Waals surface area contributed by atoms with Gasteiger partial charge in [0.25, 0.3) is 5.56 Å². The van der Waals surface area contributed by atoms with Crippen LogP contribution < -0.4 is 5.56 Å². The number of fused-ring (bicyclic) bond motifs is 3. The average Bonchev–Trinajstić information content (AvgIpc) is 2.75. The van der Waals surface area contributed by atoms with Crippen molar-refractivity contribution in [2.45, 2.75) is 6.61 Å². The van der Waals surface area contributed by atoms with E-state index in [1.54, 1.807) is 11.5 Å². The molecule has 0 unspecified atom stereocenters. The van der Waals surface area contributed by atoms with E-state index in [1.807, 2.05) is 24.3 Å². The van der Waals surface area contributed by atoms with Gasteiger partial charge in [-0.25, -0.2) is 0 Å². The molecule has 0 bridgehead atoms. The van der Waals surface area contributed by atoms with E-state index in [0.29, 0.717) is 12.4 Å². The Morgan fingerprint density at radius 1 is 1.35 bits per heavy atom. The third-order valence-electron chi connectivity index (χ3n) is 2.60. The Labute approximate surface area is 95.9 Å². The van der Waals surface area contributed by atoms with Crippen LogP contribution in [0.5, 0.6) is 0 Å². The van der Waals surface area contributed by atoms with Crippen molar-refractivity contribution in [3.8, 4) is 0 Å². The van der Waals surface area contributed by atoms with E-state index in [1.165, 1.54) is 0 Å². The highest BCUT2D eigenvalue weighted by molar-refractivity contribution is 5.77. The summed E-state index contributed by atoms with van der Waals surface area (Å²) < 4.78 is 6.77. The number of hydrogen-bond acceptors (Lipinski definition) is 4. The first-order valence-corrected chi connectivity index (χ1v) is 5.15. The summed E-state index contributed by atoms with van der Waals surface area (Å²) in [4.78, 5) is 14.6. The van der Waals surface area contributed by atoms with Gasteiger partial charge in [0.1, 0.15) is 6.61 Å². The highest BCUT2D eigenvalue weighted by Crippen LogP contribution is 2.12. The molecule has 0 aliphatic carbocycles. The molecule has 86 valence electrons. The Morgan fingerprint density at radius 2 is 2.18 bits per heavy atom. The molecule has 17 heavy (non-hydrogen) atoms. The maximum Gasteiger partial charge on any atom is 0.294 e. The number of H-pyrrole nitrogens is 1. The molecule has 6 heteroatoms. The summed E-state index contributed by atoms with van der Waals surface area (Å²) in [7, 11) is 1.58. The van der Waals surface area contributed by atoms with Crippen LogP contribution in [0.25, 0.3) is 16.7 Å². The molecule has 2 heterocycles. The van der Waals surface area contributed by atoms with E-state index >= 15 is 0 Å². The fourth-order valence-corrected chi connectivity index (χ4v) is 1.89. The van der Waals surface area contributed by atoms with Crippen molar-refractivity contribution in [3.63, 3.8) is 0 Å². The first-order valence-electron chi connectivity index (χ1n) is 5.15. The highest BCUT2D eigenvalue weighted by atomic mass is 16.5. The molecular formula is C11H10N4O2. The first-order chi connectivity index (χ1) is 8.31. The smallest absolute Gasteiger partial charge is 0.294 e. The van der Waals surface area contributed by atoms with Crippen molar-refractivity contribution in [1.82, 2.24) is 19.6 Å². The number of aromatic amines is 1. The number of para-hydroxylation sites is 2. The minimum absolute atomic E-state index is 0.251. The molecule has 0 fully saturated rings. The van der Waals surface area contributed by atoms with Crippen molar-refractivity contribution in [3.05, 3.63) is 40.4 Å². The summed E-state index contributed by atoms with van der Waals surface area (Å²) in [6.45, 7) is 0.314. The molecule has 0 radical (unpaired) electrons. The van der Waals surface area contributed by atoms with Crippen LogP contribution in [0.3, 0.4) is 0 Å². The van der Waals surface area contributed by atoms with E-state index in [2.05, 4.69) is 15.2 Å². The van der Waals surface area contributed by atoms with E-state index in [0.717, 1.165) is 11.0 Å². The second-order valence-electron chi connectivity index (χ2n) is 3.68. The van der Waals surface area contributed by atoms with Crippen molar-refractivity contribution in [2.24, 2.45) is 0 Å². The predicted octanol–water partition coefficient (Wildman–Crippen LogP) is 0.717. The van der Waals surface area contributed by atoms with Gasteiger partial charge in [-0.3, -0.25) is 9.20 Å². The lowest BCUT2D eigenvalue weighted by molar-refractivity contribution is 0.177. The molecule has 1 N–H and O–H groups in total. The molecule has 3 aromatic rings. The topological polar surface area (TPSA) is 72.3 Å². The van der Waals surface area contributed by atoms with Gasteiger partial charge >= 0.3 is 0 Å². The van der Waals surface area contributed by atoms with Crippen LogP contribution >= 0.6 is 0 Å². The Hall–Kier alpha value is -2.21. The Balaban J connectivity index is 2.51. The minimum atomic E-state index is -0.251. The van der Waals surface area contributed by atoms with Crippen LogP contribution in [0, 0.1) is 0 Å². The van der Waals surface area contributed by atoms with E-state index < -0.39 is 0 Å². The van der Waals surface area contributed by atoms with Crippen LogP contribution in [-0.4, -0.2) is 26.7 Å². The zero-order valence-corrected chi connectivity index (χ0v) is 9.17. The zero-order chi connectivity index (χ0) is 11.8. The Morgan fingerprint density at radius 3 is 3.00 bits per heavy atom. The first kappa shape index (κ1) is 9.98. The number of nitrogens with zero attached hydrogens (tertiary/aromatic N) is 3. The number of aromatic nitrogens is 4. The van der Waals surface area contributed by atoms with Crippen molar-refractivity contribution in [1.29, 1.82) is 0 Å². The largest absolute Gasteiger partial charge is 0.377 e. The zero-order valence-electron chi connectivity index (χ0n) is 9.17. The molecule has 0 spiro atoms. The van der Waals surface area contributed by atoms with Crippen LogP contribution in [0.1, 0.15) is 5.82 Å². The van der Waals surface area contributed by atoms with Crippen LogP contribution in [0.4, 0.5) is 0 Å². The monoisotopic (exact) mass is 230 g/mol. The van der Waals surface area contributed by atoms with Crippen LogP contribution in [-0.2, 0) is 11.3 Å². The number of methoxy groups -OCH3 is 1. The van der Waals surface area contributed by atoms with E-state index in [-0.39, 0.29) is 11.2 Å². The SMILES string of the molecule is COCc1nnc2c(=O)[nH]c3ccccc3n12. The average molecular weight is 230 g/mol. The van der Waals surface area contributed by atoms with Gasteiger partial charge < -0.3 is 9.72 Å². The second-order valence-corrected chi connectivity index (χ2v) is 3.68. The van der Waals surface area contributed by atoms with Crippen molar-refractivity contribution in [2.75, 3.05) is 7.11 Å². The third kappa shape index (κ3) is 1.42. The summed E-state index contributed by atoms with van der Waals surface area (Å²) in [5.74, 6) is 0.616. The van der Waals surface area contributed by atoms with Crippen molar-refractivity contribution >= 4 is 16.7 Å². The number of ether oxygens (including phenoxy) is 1. The molecule has 6 nitrogen and oxygen atoms in total. The Kier molecular flexibility index (Phi) is 2.15. The normalized spacial score (nSPS) is 11.4. The quantitative estimate of drug-likeness (QED) is 0.704. The molecule has 3 rings (SSSR count). The van der Waals surface area contributed by atoms with Crippen LogP contribution in [0.15, 0.2) is 29.1 Å². The standard InChI is InChI=1S/C11H10N4O2/c1-17-6-9-13-14-10-11(16)12-7-4-2-3-5-8(7)15(9)10/h2-5H,6H2,1H3,(H,12,16). The summed E-state index contributed by atoms with van der Waals surface area (Å²) in [5, 5.41) is 7.84. The maximum atomic E-state index is 11.8. The van der Waals surface area contributed by atoms with Gasteiger partial charge in [-0.2, -0.15) is 0 Å².